The van der Waals surface area contributed by atoms with E-state index in [4.69, 9.17) is 9.47 Å². The van der Waals surface area contributed by atoms with E-state index in [1.165, 1.54) is 14.2 Å². The Morgan fingerprint density at radius 3 is 2.00 bits per heavy atom. The number of nitrogens with zero attached hydrogens (tertiary/aromatic N) is 2. The number of benzene rings is 2. The van der Waals surface area contributed by atoms with Crippen LogP contribution in [-0.4, -0.2) is 30.0 Å². The highest BCUT2D eigenvalue weighted by atomic mass is 16.6. The molecule has 1 unspecified atom stereocenters. The molecular formula is C17H17N3O7. The van der Waals surface area contributed by atoms with E-state index in [2.05, 4.69) is 5.32 Å². The van der Waals surface area contributed by atoms with Crippen molar-refractivity contribution in [1.82, 2.24) is 5.32 Å². The third kappa shape index (κ3) is 4.48. The lowest BCUT2D eigenvalue weighted by atomic mass is 10.1. The lowest BCUT2D eigenvalue weighted by molar-refractivity contribution is -0.394. The van der Waals surface area contributed by atoms with Crippen molar-refractivity contribution in [2.45, 2.75) is 13.0 Å². The summed E-state index contributed by atoms with van der Waals surface area (Å²) in [7, 11) is 2.98. The minimum absolute atomic E-state index is 0.178. The molecule has 1 amide bonds. The number of carbonyl (C=O) groups excluding carboxylic acids is 1. The Balaban J connectivity index is 2.28. The lowest BCUT2D eigenvalue weighted by Gasteiger charge is -2.16. The molecule has 1 atom stereocenters. The molecular weight excluding hydrogens is 358 g/mol. The third-order valence-corrected chi connectivity index (χ3v) is 3.84. The highest BCUT2D eigenvalue weighted by molar-refractivity contribution is 5.95. The zero-order valence-electron chi connectivity index (χ0n) is 14.8. The molecule has 10 heteroatoms. The summed E-state index contributed by atoms with van der Waals surface area (Å²) in [6.45, 7) is 1.70. The number of rotatable bonds is 7. The van der Waals surface area contributed by atoms with Gasteiger partial charge in [0.1, 0.15) is 0 Å². The van der Waals surface area contributed by atoms with Gasteiger partial charge in [-0.3, -0.25) is 25.0 Å². The summed E-state index contributed by atoms with van der Waals surface area (Å²) in [6, 6.07) is 7.37. The molecule has 0 saturated heterocycles. The summed E-state index contributed by atoms with van der Waals surface area (Å²) < 4.78 is 10.4. The number of non-ortho nitro benzene ring substituents is 2. The first-order valence-electron chi connectivity index (χ1n) is 7.73. The van der Waals surface area contributed by atoms with Crippen LogP contribution in [-0.2, 0) is 0 Å². The van der Waals surface area contributed by atoms with Crippen LogP contribution in [0.3, 0.4) is 0 Å². The smallest absolute Gasteiger partial charge is 0.277 e. The van der Waals surface area contributed by atoms with Crippen LogP contribution in [0.1, 0.15) is 28.9 Å². The first kappa shape index (κ1) is 19.6. The largest absolute Gasteiger partial charge is 0.493 e. The molecule has 2 rings (SSSR count). The summed E-state index contributed by atoms with van der Waals surface area (Å²) in [5.41, 5.74) is -0.551. The highest BCUT2D eigenvalue weighted by Crippen LogP contribution is 2.30. The molecule has 0 bridgehead atoms. The molecule has 142 valence electrons. The van der Waals surface area contributed by atoms with E-state index in [9.17, 15) is 25.0 Å². The molecule has 0 aliphatic heterocycles. The van der Waals surface area contributed by atoms with Crippen molar-refractivity contribution < 1.29 is 24.1 Å². The van der Waals surface area contributed by atoms with Crippen LogP contribution in [0.15, 0.2) is 36.4 Å². The van der Waals surface area contributed by atoms with E-state index in [1.807, 2.05) is 0 Å². The number of hydrogen-bond donors (Lipinski definition) is 1. The fourth-order valence-corrected chi connectivity index (χ4v) is 2.42. The summed E-state index contributed by atoms with van der Waals surface area (Å²) in [4.78, 5) is 32.8. The second kappa shape index (κ2) is 8.13. The van der Waals surface area contributed by atoms with E-state index in [0.29, 0.717) is 17.1 Å². The van der Waals surface area contributed by atoms with E-state index < -0.39 is 33.2 Å². The monoisotopic (exact) mass is 375 g/mol. The van der Waals surface area contributed by atoms with Gasteiger partial charge in [-0.2, -0.15) is 0 Å². The van der Waals surface area contributed by atoms with Crippen molar-refractivity contribution in [3.8, 4) is 11.5 Å². The zero-order chi connectivity index (χ0) is 20.1. The number of amides is 1. The Labute approximate surface area is 154 Å². The molecule has 0 radical (unpaired) electrons. The molecule has 0 aliphatic rings. The number of carbonyl (C=O) groups is 1. The zero-order valence-corrected chi connectivity index (χ0v) is 14.8. The standard InChI is InChI=1S/C17H17N3O7/c1-10(11-4-5-15(26-2)16(8-11)27-3)18-17(21)12-6-13(19(22)23)9-14(7-12)20(24)25/h4-10H,1-3H3,(H,18,21). The first-order chi connectivity index (χ1) is 12.8. The van der Waals surface area contributed by atoms with Crippen molar-refractivity contribution in [3.63, 3.8) is 0 Å². The Hall–Kier alpha value is -3.69. The quantitative estimate of drug-likeness (QED) is 0.580. The first-order valence-corrected chi connectivity index (χ1v) is 7.73. The van der Waals surface area contributed by atoms with Crippen molar-refractivity contribution >= 4 is 17.3 Å². The minimum Gasteiger partial charge on any atom is -0.493 e. The fourth-order valence-electron chi connectivity index (χ4n) is 2.42. The SMILES string of the molecule is COc1ccc(C(C)NC(=O)c2cc([N+](=O)[O-])cc([N+](=O)[O-])c2)cc1OC. The highest BCUT2D eigenvalue weighted by Gasteiger charge is 2.21. The van der Waals surface area contributed by atoms with Gasteiger partial charge in [-0.15, -0.1) is 0 Å². The second-order valence-corrected chi connectivity index (χ2v) is 5.56. The normalized spacial score (nSPS) is 11.4. The van der Waals surface area contributed by atoms with Gasteiger partial charge in [0.05, 0.1) is 41.7 Å². The van der Waals surface area contributed by atoms with Crippen molar-refractivity contribution in [3.05, 3.63) is 67.8 Å². The molecule has 2 aromatic rings. The summed E-state index contributed by atoms with van der Waals surface area (Å²) in [5.74, 6) is 0.320. The maximum absolute atomic E-state index is 12.4. The van der Waals surface area contributed by atoms with Crippen LogP contribution in [0, 0.1) is 20.2 Å². The summed E-state index contributed by atoms with van der Waals surface area (Å²) in [5, 5.41) is 24.6. The number of nitro groups is 2. The van der Waals surface area contributed by atoms with Gasteiger partial charge in [-0.05, 0) is 24.6 Å². The van der Waals surface area contributed by atoms with E-state index in [1.54, 1.807) is 25.1 Å². The molecule has 0 aliphatic carbocycles. The Morgan fingerprint density at radius 2 is 1.52 bits per heavy atom. The van der Waals surface area contributed by atoms with Gasteiger partial charge in [-0.25, -0.2) is 0 Å². The molecule has 2 aromatic carbocycles. The molecule has 0 saturated carbocycles. The van der Waals surface area contributed by atoms with Crippen LogP contribution in [0.5, 0.6) is 11.5 Å². The molecule has 27 heavy (non-hydrogen) atoms. The van der Waals surface area contributed by atoms with Crippen molar-refractivity contribution in [2.24, 2.45) is 0 Å². The average molecular weight is 375 g/mol. The average Bonchev–Trinajstić information content (AvgIpc) is 2.66. The predicted molar refractivity (Wildman–Crippen MR) is 95.2 cm³/mol. The van der Waals surface area contributed by atoms with Gasteiger partial charge in [0.2, 0.25) is 0 Å². The maximum Gasteiger partial charge on any atom is 0.277 e. The second-order valence-electron chi connectivity index (χ2n) is 5.56. The number of ether oxygens (including phenoxy) is 2. The summed E-state index contributed by atoms with van der Waals surface area (Å²) >= 11 is 0. The lowest BCUT2D eigenvalue weighted by Crippen LogP contribution is -2.26. The number of nitrogens with one attached hydrogen (secondary N) is 1. The van der Waals surface area contributed by atoms with Gasteiger partial charge >= 0.3 is 0 Å². The number of nitro benzene ring substituents is 2. The number of hydrogen-bond acceptors (Lipinski definition) is 7. The molecule has 0 aromatic heterocycles. The topological polar surface area (TPSA) is 134 Å². The Kier molecular flexibility index (Phi) is 5.91. The van der Waals surface area contributed by atoms with E-state index in [0.717, 1.165) is 18.2 Å². The van der Waals surface area contributed by atoms with Crippen molar-refractivity contribution in [2.75, 3.05) is 14.2 Å². The molecule has 1 N–H and O–H groups in total. The molecule has 0 spiro atoms. The van der Waals surface area contributed by atoms with Gasteiger partial charge < -0.3 is 14.8 Å². The summed E-state index contributed by atoms with van der Waals surface area (Å²) in [6.07, 6.45) is 0. The Bertz CT molecular complexity index is 866. The van der Waals surface area contributed by atoms with Gasteiger partial charge in [-0.1, -0.05) is 6.07 Å². The van der Waals surface area contributed by atoms with Crippen LogP contribution >= 0.6 is 0 Å². The molecule has 10 nitrogen and oxygen atoms in total. The van der Waals surface area contributed by atoms with Crippen LogP contribution in [0.2, 0.25) is 0 Å². The number of methoxy groups -OCH3 is 2. The Morgan fingerprint density at radius 1 is 0.963 bits per heavy atom. The fraction of sp³-hybridized carbons (Fsp3) is 0.235. The molecule has 0 heterocycles. The van der Waals surface area contributed by atoms with Gasteiger partial charge in [0.25, 0.3) is 17.3 Å². The minimum atomic E-state index is -0.790. The predicted octanol–water partition coefficient (Wildman–Crippen LogP) is 3.01. The van der Waals surface area contributed by atoms with Gasteiger partial charge in [0.15, 0.2) is 11.5 Å². The van der Waals surface area contributed by atoms with Crippen LogP contribution in [0.4, 0.5) is 11.4 Å². The van der Waals surface area contributed by atoms with Crippen molar-refractivity contribution in [1.29, 1.82) is 0 Å². The maximum atomic E-state index is 12.4. The van der Waals surface area contributed by atoms with Crippen LogP contribution in [0.25, 0.3) is 0 Å². The third-order valence-electron chi connectivity index (χ3n) is 3.84. The van der Waals surface area contributed by atoms with E-state index in [-0.39, 0.29) is 5.56 Å². The molecule has 0 fully saturated rings. The van der Waals surface area contributed by atoms with Gasteiger partial charge in [0, 0.05) is 12.1 Å². The van der Waals surface area contributed by atoms with E-state index >= 15 is 0 Å². The van der Waals surface area contributed by atoms with Crippen LogP contribution < -0.4 is 14.8 Å².